The first-order valence-electron chi connectivity index (χ1n) is 7.21. The zero-order valence-corrected chi connectivity index (χ0v) is 12.6. The molecule has 24 heavy (non-hydrogen) atoms. The lowest BCUT2D eigenvalue weighted by atomic mass is 9.79. The third-order valence-electron chi connectivity index (χ3n) is 3.83. The molecule has 0 aliphatic heterocycles. The van der Waals surface area contributed by atoms with Crippen LogP contribution >= 0.6 is 0 Å². The molecule has 8 nitrogen and oxygen atoms in total. The molecule has 4 atom stereocenters. The molecule has 0 heterocycles. The Balaban J connectivity index is 2.03. The fourth-order valence-electron chi connectivity index (χ4n) is 2.48. The Morgan fingerprint density at radius 2 is 1.79 bits per heavy atom. The third kappa shape index (κ3) is 4.10. The van der Waals surface area contributed by atoms with Crippen molar-refractivity contribution < 1.29 is 39.9 Å². The second kappa shape index (κ2) is 7.00. The Morgan fingerprint density at radius 3 is 2.38 bits per heavy atom. The lowest BCUT2D eigenvalue weighted by molar-refractivity contribution is -0.196. The molecule has 0 saturated heterocycles. The van der Waals surface area contributed by atoms with Gasteiger partial charge < -0.3 is 30.3 Å². The van der Waals surface area contributed by atoms with Crippen molar-refractivity contribution in [3.05, 3.63) is 35.9 Å². The molecule has 0 unspecified atom stereocenters. The van der Waals surface area contributed by atoms with Gasteiger partial charge in [-0.2, -0.15) is 0 Å². The van der Waals surface area contributed by atoms with E-state index in [1.165, 1.54) is 18.2 Å². The Bertz CT molecular complexity index is 638. The number of carbonyl (C=O) groups excluding carboxylic acids is 1. The molecule has 5 N–H and O–H groups in total. The number of hydrogen-bond acceptors (Lipinski definition) is 7. The van der Waals surface area contributed by atoms with E-state index < -0.39 is 48.7 Å². The van der Waals surface area contributed by atoms with Crippen LogP contribution < -0.4 is 0 Å². The van der Waals surface area contributed by atoms with Crippen LogP contribution in [0.5, 0.6) is 5.75 Å². The van der Waals surface area contributed by atoms with Gasteiger partial charge in [0.2, 0.25) is 0 Å². The number of carbonyl (C=O) groups is 2. The highest BCUT2D eigenvalue weighted by Gasteiger charge is 2.50. The number of hydrogen-bond donors (Lipinski definition) is 5. The molecule has 8 heteroatoms. The van der Waals surface area contributed by atoms with Gasteiger partial charge in [-0.25, -0.2) is 9.59 Å². The lowest BCUT2D eigenvalue weighted by Gasteiger charge is -2.39. The van der Waals surface area contributed by atoms with Gasteiger partial charge >= 0.3 is 11.9 Å². The molecule has 0 bridgehead atoms. The molecule has 1 aliphatic rings. The zero-order chi connectivity index (χ0) is 17.9. The fraction of sp³-hybridized carbons (Fsp3) is 0.375. The fourth-order valence-corrected chi connectivity index (χ4v) is 2.48. The molecular weight excluding hydrogens is 320 g/mol. The van der Waals surface area contributed by atoms with Crippen LogP contribution in [-0.4, -0.2) is 61.4 Å². The van der Waals surface area contributed by atoms with Crippen molar-refractivity contribution in [3.63, 3.8) is 0 Å². The number of ether oxygens (including phenoxy) is 1. The zero-order valence-electron chi connectivity index (χ0n) is 12.6. The van der Waals surface area contributed by atoms with E-state index >= 15 is 0 Å². The first-order chi connectivity index (χ1) is 11.2. The minimum atomic E-state index is -2.27. The average Bonchev–Trinajstić information content (AvgIpc) is 2.51. The molecule has 1 aromatic carbocycles. The Labute approximate surface area is 137 Å². The average molecular weight is 338 g/mol. The highest BCUT2D eigenvalue weighted by atomic mass is 16.6. The molecule has 1 saturated carbocycles. The summed E-state index contributed by atoms with van der Waals surface area (Å²) in [5.74, 6) is -2.36. The van der Waals surface area contributed by atoms with Crippen molar-refractivity contribution >= 4 is 18.0 Å². The van der Waals surface area contributed by atoms with E-state index in [4.69, 9.17) is 14.9 Å². The van der Waals surface area contributed by atoms with E-state index in [2.05, 4.69) is 0 Å². The smallest absolute Gasteiger partial charge is 0.335 e. The number of aliphatic hydroxyl groups excluding tert-OH is 2. The van der Waals surface area contributed by atoms with Crippen LogP contribution in [0.1, 0.15) is 18.4 Å². The number of aliphatic hydroxyl groups is 3. The molecule has 1 fully saturated rings. The van der Waals surface area contributed by atoms with Crippen LogP contribution in [0.4, 0.5) is 0 Å². The molecule has 2 rings (SSSR count). The van der Waals surface area contributed by atoms with E-state index in [0.29, 0.717) is 5.56 Å². The van der Waals surface area contributed by atoms with Gasteiger partial charge in [-0.3, -0.25) is 0 Å². The van der Waals surface area contributed by atoms with Gasteiger partial charge in [0.05, 0.1) is 6.10 Å². The summed E-state index contributed by atoms with van der Waals surface area (Å²) in [5, 5.41) is 47.6. The number of esters is 1. The van der Waals surface area contributed by atoms with Gasteiger partial charge in [0, 0.05) is 18.9 Å². The van der Waals surface area contributed by atoms with E-state index in [0.717, 1.165) is 6.08 Å². The first-order valence-corrected chi connectivity index (χ1v) is 7.21. The topological polar surface area (TPSA) is 145 Å². The van der Waals surface area contributed by atoms with Gasteiger partial charge in [-0.05, 0) is 23.8 Å². The number of phenolic OH excluding ortho intramolecular Hbond substituents is 1. The minimum Gasteiger partial charge on any atom is -0.508 e. The predicted molar refractivity (Wildman–Crippen MR) is 80.9 cm³/mol. The Kier molecular flexibility index (Phi) is 5.23. The summed E-state index contributed by atoms with van der Waals surface area (Å²) in [5.41, 5.74) is -1.67. The standard InChI is InChI=1S/C16H18O8/c17-10-4-1-9(2-5-10)3-6-13(19)24-12-8-16(23,15(21)22)7-11(18)14(12)20/h1-6,11-12,14,17-18,20,23H,7-8H2,(H,21,22)/t11-,12-,14+,16-/m1/s1. The quantitative estimate of drug-likeness (QED) is 0.370. The molecule has 0 amide bonds. The molecule has 0 aromatic heterocycles. The molecule has 0 spiro atoms. The highest BCUT2D eigenvalue weighted by Crippen LogP contribution is 2.31. The van der Waals surface area contributed by atoms with Crippen molar-refractivity contribution in [1.29, 1.82) is 0 Å². The maximum absolute atomic E-state index is 11.8. The summed E-state index contributed by atoms with van der Waals surface area (Å²) in [7, 11) is 0. The van der Waals surface area contributed by atoms with Crippen LogP contribution in [0.25, 0.3) is 6.08 Å². The summed E-state index contributed by atoms with van der Waals surface area (Å²) in [6.07, 6.45) is -3.00. The summed E-state index contributed by atoms with van der Waals surface area (Å²) in [4.78, 5) is 22.9. The maximum atomic E-state index is 11.8. The lowest BCUT2D eigenvalue weighted by Crippen LogP contribution is -2.57. The summed E-state index contributed by atoms with van der Waals surface area (Å²) >= 11 is 0. The van der Waals surface area contributed by atoms with E-state index in [1.807, 2.05) is 0 Å². The van der Waals surface area contributed by atoms with Gasteiger partial charge in [-0.1, -0.05) is 12.1 Å². The monoisotopic (exact) mass is 338 g/mol. The van der Waals surface area contributed by atoms with Crippen molar-refractivity contribution in [3.8, 4) is 5.75 Å². The van der Waals surface area contributed by atoms with Gasteiger partial charge in [0.1, 0.15) is 18.0 Å². The van der Waals surface area contributed by atoms with Crippen LogP contribution in [0, 0.1) is 0 Å². The Morgan fingerprint density at radius 1 is 1.17 bits per heavy atom. The number of carboxylic acid groups (broad SMARTS) is 1. The third-order valence-corrected chi connectivity index (χ3v) is 3.83. The summed E-state index contributed by atoms with van der Waals surface area (Å²) < 4.78 is 4.96. The van der Waals surface area contributed by atoms with Crippen LogP contribution in [-0.2, 0) is 14.3 Å². The molecule has 1 aliphatic carbocycles. The SMILES string of the molecule is O=C(C=Cc1ccc(O)cc1)O[C@@H]1C[C@@](O)(C(=O)O)C[C@@H](O)[C@@H]1O. The van der Waals surface area contributed by atoms with Crippen LogP contribution in [0.2, 0.25) is 0 Å². The largest absolute Gasteiger partial charge is 0.508 e. The van der Waals surface area contributed by atoms with Crippen LogP contribution in [0.3, 0.4) is 0 Å². The van der Waals surface area contributed by atoms with E-state index in [9.17, 15) is 24.9 Å². The van der Waals surface area contributed by atoms with Crippen molar-refractivity contribution in [2.24, 2.45) is 0 Å². The van der Waals surface area contributed by atoms with Gasteiger partial charge in [0.25, 0.3) is 0 Å². The number of rotatable bonds is 4. The highest BCUT2D eigenvalue weighted by molar-refractivity contribution is 5.87. The Hall–Kier alpha value is -2.42. The van der Waals surface area contributed by atoms with Crippen molar-refractivity contribution in [1.82, 2.24) is 0 Å². The molecule has 1 aromatic rings. The second-order valence-corrected chi connectivity index (χ2v) is 5.70. The number of carboxylic acids is 1. The number of aliphatic carboxylic acids is 1. The van der Waals surface area contributed by atoms with Crippen molar-refractivity contribution in [2.45, 2.75) is 36.8 Å². The molecular formula is C16H18O8. The normalized spacial score (nSPS) is 30.2. The van der Waals surface area contributed by atoms with Crippen molar-refractivity contribution in [2.75, 3.05) is 0 Å². The minimum absolute atomic E-state index is 0.0713. The number of benzene rings is 1. The summed E-state index contributed by atoms with van der Waals surface area (Å²) in [6, 6.07) is 5.97. The molecule has 130 valence electrons. The van der Waals surface area contributed by atoms with Gasteiger partial charge in [-0.15, -0.1) is 0 Å². The van der Waals surface area contributed by atoms with Gasteiger partial charge in [0.15, 0.2) is 5.60 Å². The first kappa shape index (κ1) is 17.9. The van der Waals surface area contributed by atoms with E-state index in [-0.39, 0.29) is 5.75 Å². The maximum Gasteiger partial charge on any atom is 0.335 e. The van der Waals surface area contributed by atoms with Crippen LogP contribution in [0.15, 0.2) is 30.3 Å². The number of phenols is 1. The predicted octanol–water partition coefficient (Wildman–Crippen LogP) is -0.352. The number of aromatic hydroxyl groups is 1. The summed E-state index contributed by atoms with van der Waals surface area (Å²) in [6.45, 7) is 0. The second-order valence-electron chi connectivity index (χ2n) is 5.70. The van der Waals surface area contributed by atoms with E-state index in [1.54, 1.807) is 12.1 Å². The molecule has 0 radical (unpaired) electrons.